The molecule has 0 spiro atoms. The lowest BCUT2D eigenvalue weighted by molar-refractivity contribution is 0.509. The molecule has 5 nitrogen and oxygen atoms in total. The number of nitrogens with one attached hydrogen (secondary N) is 1. The van der Waals surface area contributed by atoms with E-state index in [9.17, 15) is 4.79 Å². The maximum Gasteiger partial charge on any atom is 0.345 e. The van der Waals surface area contributed by atoms with Crippen LogP contribution in [0.15, 0.2) is 17.4 Å². The predicted octanol–water partition coefficient (Wildman–Crippen LogP) is 0.157. The number of nitrogens with zero attached hydrogens (tertiary/aromatic N) is 3. The second-order valence-corrected chi connectivity index (χ2v) is 4.02. The Hall–Kier alpha value is -1.36. The molecule has 0 radical (unpaired) electrons. The topological polar surface area (TPSA) is 51.9 Å². The van der Waals surface area contributed by atoms with Gasteiger partial charge in [-0.05, 0) is 12.8 Å². The first kappa shape index (κ1) is 11.1. The molecule has 1 aliphatic heterocycles. The smallest absolute Gasteiger partial charge is 0.311 e. The van der Waals surface area contributed by atoms with Crippen molar-refractivity contribution in [2.45, 2.75) is 32.4 Å². The molecule has 0 amide bonds. The molecule has 2 heterocycles. The Morgan fingerprint density at radius 3 is 3.12 bits per heavy atom. The summed E-state index contributed by atoms with van der Waals surface area (Å²) in [5.41, 5.74) is 0.0371. The van der Waals surface area contributed by atoms with Crippen LogP contribution in [0.3, 0.4) is 0 Å². The third kappa shape index (κ3) is 2.24. The molecule has 0 fully saturated rings. The molecule has 0 unspecified atom stereocenters. The maximum atomic E-state index is 11.9. The number of aryl methyl sites for hydroxylation is 1. The van der Waals surface area contributed by atoms with Crippen LogP contribution in [-0.4, -0.2) is 27.4 Å². The Labute approximate surface area is 94.8 Å². The van der Waals surface area contributed by atoms with Gasteiger partial charge >= 0.3 is 5.69 Å². The van der Waals surface area contributed by atoms with Crippen LogP contribution in [0.25, 0.3) is 0 Å². The molecular formula is C11H18N4O. The third-order valence-electron chi connectivity index (χ3n) is 2.82. The number of aromatic nitrogens is 3. The summed E-state index contributed by atoms with van der Waals surface area (Å²) in [7, 11) is 0. The highest BCUT2D eigenvalue weighted by atomic mass is 16.2. The van der Waals surface area contributed by atoms with Crippen molar-refractivity contribution >= 4 is 0 Å². The van der Waals surface area contributed by atoms with Gasteiger partial charge in [-0.15, -0.1) is 6.58 Å². The summed E-state index contributed by atoms with van der Waals surface area (Å²) < 4.78 is 3.37. The van der Waals surface area contributed by atoms with Gasteiger partial charge in [0.05, 0.1) is 6.54 Å². The Bertz CT molecular complexity index is 418. The summed E-state index contributed by atoms with van der Waals surface area (Å²) in [6.45, 7) is 6.60. The molecule has 88 valence electrons. The molecule has 0 atom stereocenters. The minimum Gasteiger partial charge on any atom is -0.311 e. The van der Waals surface area contributed by atoms with Crippen molar-refractivity contribution in [3.05, 3.63) is 29.0 Å². The molecule has 1 aromatic rings. The van der Waals surface area contributed by atoms with E-state index >= 15 is 0 Å². The average molecular weight is 222 g/mol. The van der Waals surface area contributed by atoms with Crippen molar-refractivity contribution in [3.8, 4) is 0 Å². The van der Waals surface area contributed by atoms with Gasteiger partial charge in [0.15, 0.2) is 0 Å². The lowest BCUT2D eigenvalue weighted by Crippen LogP contribution is -2.30. The van der Waals surface area contributed by atoms with Crippen molar-refractivity contribution < 1.29 is 0 Å². The van der Waals surface area contributed by atoms with Gasteiger partial charge in [-0.25, -0.2) is 9.48 Å². The second kappa shape index (κ2) is 5.12. The van der Waals surface area contributed by atoms with Crippen molar-refractivity contribution in [1.82, 2.24) is 19.7 Å². The van der Waals surface area contributed by atoms with Gasteiger partial charge < -0.3 is 5.32 Å². The largest absolute Gasteiger partial charge is 0.345 e. The summed E-state index contributed by atoms with van der Waals surface area (Å²) in [6.07, 6.45) is 4.97. The molecule has 1 aromatic heterocycles. The first-order chi connectivity index (χ1) is 7.83. The first-order valence-electron chi connectivity index (χ1n) is 5.81. The highest BCUT2D eigenvalue weighted by Crippen LogP contribution is 2.08. The molecule has 16 heavy (non-hydrogen) atoms. The number of fused-ring (bicyclic) bond motifs is 1. The van der Waals surface area contributed by atoms with Crippen LogP contribution in [0.5, 0.6) is 0 Å². The van der Waals surface area contributed by atoms with Gasteiger partial charge in [0.2, 0.25) is 0 Å². The van der Waals surface area contributed by atoms with Gasteiger partial charge in [0, 0.05) is 26.1 Å². The van der Waals surface area contributed by atoms with Crippen LogP contribution in [0.2, 0.25) is 0 Å². The second-order valence-electron chi connectivity index (χ2n) is 4.02. The van der Waals surface area contributed by atoms with Gasteiger partial charge in [-0.1, -0.05) is 6.08 Å². The average Bonchev–Trinajstić information content (AvgIpc) is 2.63. The van der Waals surface area contributed by atoms with Gasteiger partial charge in [-0.3, -0.25) is 4.57 Å². The van der Waals surface area contributed by atoms with Crippen molar-refractivity contribution in [2.24, 2.45) is 0 Å². The zero-order valence-electron chi connectivity index (χ0n) is 9.48. The van der Waals surface area contributed by atoms with E-state index < -0.39 is 0 Å². The molecule has 0 bridgehead atoms. The van der Waals surface area contributed by atoms with E-state index in [0.717, 1.165) is 44.7 Å². The Morgan fingerprint density at radius 2 is 2.38 bits per heavy atom. The lowest BCUT2D eigenvalue weighted by atomic mass is 10.2. The molecule has 5 heteroatoms. The summed E-state index contributed by atoms with van der Waals surface area (Å²) >= 11 is 0. The standard InChI is InChI=1S/C11H18N4O/c1-2-6-12-7-9-15-11(16)14-8-4-3-5-10(14)13-15/h2,12H,1,3-9H2. The zero-order valence-corrected chi connectivity index (χ0v) is 9.48. The minimum atomic E-state index is 0.0371. The molecular weight excluding hydrogens is 204 g/mol. The van der Waals surface area contributed by atoms with Crippen LogP contribution in [-0.2, 0) is 19.5 Å². The molecule has 2 rings (SSSR count). The fourth-order valence-corrected chi connectivity index (χ4v) is 1.98. The van der Waals surface area contributed by atoms with Crippen molar-refractivity contribution in [3.63, 3.8) is 0 Å². The number of hydrogen-bond donors (Lipinski definition) is 1. The normalized spacial score (nSPS) is 14.8. The minimum absolute atomic E-state index is 0.0371. The lowest BCUT2D eigenvalue weighted by Gasteiger charge is -2.09. The fourth-order valence-electron chi connectivity index (χ4n) is 1.98. The summed E-state index contributed by atoms with van der Waals surface area (Å²) in [5.74, 6) is 0.944. The van der Waals surface area contributed by atoms with Crippen LogP contribution in [0, 0.1) is 0 Å². The molecule has 0 aliphatic carbocycles. The summed E-state index contributed by atoms with van der Waals surface area (Å²) in [5, 5.41) is 7.51. The van der Waals surface area contributed by atoms with Gasteiger partial charge in [0.25, 0.3) is 0 Å². The van der Waals surface area contributed by atoms with Crippen molar-refractivity contribution in [1.29, 1.82) is 0 Å². The quantitative estimate of drug-likeness (QED) is 0.570. The summed E-state index contributed by atoms with van der Waals surface area (Å²) in [4.78, 5) is 11.9. The van der Waals surface area contributed by atoms with Crippen LogP contribution >= 0.6 is 0 Å². The Morgan fingerprint density at radius 1 is 1.50 bits per heavy atom. The summed E-state index contributed by atoms with van der Waals surface area (Å²) in [6, 6.07) is 0. The van der Waals surface area contributed by atoms with E-state index in [2.05, 4.69) is 17.0 Å². The van der Waals surface area contributed by atoms with Crippen molar-refractivity contribution in [2.75, 3.05) is 13.1 Å². The SMILES string of the molecule is C=CCNCCn1nc2n(c1=O)CCCC2. The highest BCUT2D eigenvalue weighted by molar-refractivity contribution is 4.91. The first-order valence-corrected chi connectivity index (χ1v) is 5.81. The van der Waals surface area contributed by atoms with Crippen LogP contribution < -0.4 is 11.0 Å². The number of rotatable bonds is 5. The van der Waals surface area contributed by atoms with E-state index in [-0.39, 0.29) is 5.69 Å². The molecule has 0 aromatic carbocycles. The Balaban J connectivity index is 2.01. The number of hydrogen-bond acceptors (Lipinski definition) is 3. The monoisotopic (exact) mass is 222 g/mol. The maximum absolute atomic E-state index is 11.9. The van der Waals surface area contributed by atoms with E-state index in [1.54, 1.807) is 15.3 Å². The van der Waals surface area contributed by atoms with Crippen LogP contribution in [0.1, 0.15) is 18.7 Å². The molecule has 1 aliphatic rings. The van der Waals surface area contributed by atoms with Gasteiger partial charge in [0.1, 0.15) is 5.82 Å². The molecule has 0 saturated carbocycles. The van der Waals surface area contributed by atoms with Crippen LogP contribution in [0.4, 0.5) is 0 Å². The van der Waals surface area contributed by atoms with E-state index in [1.165, 1.54) is 0 Å². The zero-order chi connectivity index (χ0) is 11.4. The molecule has 1 N–H and O–H groups in total. The predicted molar refractivity (Wildman–Crippen MR) is 62.5 cm³/mol. The fraction of sp³-hybridized carbons (Fsp3) is 0.636. The highest BCUT2D eigenvalue weighted by Gasteiger charge is 2.15. The third-order valence-corrected chi connectivity index (χ3v) is 2.82. The van der Waals surface area contributed by atoms with E-state index in [4.69, 9.17) is 0 Å². The van der Waals surface area contributed by atoms with E-state index in [0.29, 0.717) is 6.54 Å². The van der Waals surface area contributed by atoms with E-state index in [1.807, 2.05) is 0 Å². The Kier molecular flexibility index (Phi) is 3.56. The molecule has 0 saturated heterocycles. The van der Waals surface area contributed by atoms with Gasteiger partial charge in [-0.2, -0.15) is 5.10 Å².